The first-order valence-corrected chi connectivity index (χ1v) is 17.6. The summed E-state index contributed by atoms with van der Waals surface area (Å²) in [5.41, 5.74) is 2.72. The molecule has 2 aliphatic carbocycles. The van der Waals surface area contributed by atoms with Crippen LogP contribution in [0.1, 0.15) is 77.3 Å². The highest BCUT2D eigenvalue weighted by Gasteiger charge is 2.44. The first-order valence-electron chi connectivity index (χ1n) is 17.6. The van der Waals surface area contributed by atoms with Crippen LogP contribution < -0.4 is 10.6 Å². The summed E-state index contributed by atoms with van der Waals surface area (Å²) in [5, 5.41) is 5.22. The molecule has 2 N–H and O–H groups in total. The molecule has 4 fully saturated rings. The van der Waals surface area contributed by atoms with Crippen LogP contribution in [0.4, 0.5) is 9.59 Å². The van der Waals surface area contributed by atoms with Gasteiger partial charge in [0.05, 0.1) is 40.6 Å². The van der Waals surface area contributed by atoms with Gasteiger partial charge in [-0.2, -0.15) is 0 Å². The van der Waals surface area contributed by atoms with E-state index in [0.29, 0.717) is 77.8 Å². The Balaban J connectivity index is 0.000000280. The summed E-state index contributed by atoms with van der Waals surface area (Å²) in [6, 6.07) is 18.0. The number of allylic oxidation sites excluding steroid dienone is 1. The van der Waals surface area contributed by atoms with Crippen molar-refractivity contribution in [2.75, 3.05) is 40.6 Å². The van der Waals surface area contributed by atoms with Gasteiger partial charge in [0.15, 0.2) is 11.6 Å². The van der Waals surface area contributed by atoms with Crippen LogP contribution >= 0.6 is 0 Å². The van der Waals surface area contributed by atoms with Gasteiger partial charge in [0.1, 0.15) is 25.0 Å². The minimum atomic E-state index is -0.734. The molecular formula is C40H56N2O12. The molecule has 0 bridgehead atoms. The molecule has 2 spiro atoms. The fraction of sp³-hybridized carbons (Fsp3) is 0.550. The van der Waals surface area contributed by atoms with E-state index in [4.69, 9.17) is 37.9 Å². The molecule has 6 rings (SSSR count). The van der Waals surface area contributed by atoms with Gasteiger partial charge in [0.25, 0.3) is 0 Å². The van der Waals surface area contributed by atoms with Crippen molar-refractivity contribution in [3.05, 3.63) is 83.1 Å². The smallest absolute Gasteiger partial charge is 0.412 e. The molecule has 54 heavy (non-hydrogen) atoms. The van der Waals surface area contributed by atoms with Crippen LogP contribution in [-0.4, -0.2) is 82.4 Å². The van der Waals surface area contributed by atoms with E-state index < -0.39 is 41.7 Å². The van der Waals surface area contributed by atoms with E-state index in [1.807, 2.05) is 60.7 Å². The quantitative estimate of drug-likeness (QED) is 0.166. The summed E-state index contributed by atoms with van der Waals surface area (Å²) in [5.74, 6) is -2.13. The number of alkyl carbamates (subject to hydrolysis) is 2. The van der Waals surface area contributed by atoms with Crippen molar-refractivity contribution in [2.45, 2.75) is 97.0 Å². The minimum absolute atomic E-state index is 0. The van der Waals surface area contributed by atoms with Crippen molar-refractivity contribution in [3.63, 3.8) is 0 Å². The molecule has 298 valence electrons. The molecule has 2 saturated carbocycles. The van der Waals surface area contributed by atoms with Gasteiger partial charge in [-0.1, -0.05) is 75.5 Å². The van der Waals surface area contributed by atoms with E-state index in [2.05, 4.69) is 10.6 Å². The van der Waals surface area contributed by atoms with Crippen LogP contribution in [0.3, 0.4) is 0 Å². The van der Waals surface area contributed by atoms with Crippen LogP contribution in [0.2, 0.25) is 0 Å². The van der Waals surface area contributed by atoms with E-state index in [1.165, 1.54) is 14.2 Å². The summed E-state index contributed by atoms with van der Waals surface area (Å²) in [4.78, 5) is 48.6. The lowest BCUT2D eigenvalue weighted by Crippen LogP contribution is -2.49. The Hall–Kier alpha value is -4.50. The van der Waals surface area contributed by atoms with E-state index in [0.717, 1.165) is 16.7 Å². The number of benzene rings is 2. The summed E-state index contributed by atoms with van der Waals surface area (Å²) in [6.07, 6.45) is 3.96. The first-order chi connectivity index (χ1) is 25.2. The Morgan fingerprint density at radius 1 is 0.685 bits per heavy atom. The third-order valence-electron chi connectivity index (χ3n) is 9.63. The fourth-order valence-corrected chi connectivity index (χ4v) is 6.80. The van der Waals surface area contributed by atoms with Gasteiger partial charge in [0, 0.05) is 25.7 Å². The first kappa shape index (κ1) is 43.9. The topological polar surface area (TPSA) is 166 Å². The molecule has 2 heterocycles. The maximum Gasteiger partial charge on any atom is 0.412 e. The van der Waals surface area contributed by atoms with E-state index in [1.54, 1.807) is 0 Å². The molecule has 2 aromatic rings. The van der Waals surface area contributed by atoms with Crippen LogP contribution in [0.5, 0.6) is 0 Å². The van der Waals surface area contributed by atoms with E-state index in [9.17, 15) is 19.2 Å². The van der Waals surface area contributed by atoms with Gasteiger partial charge >= 0.3 is 24.1 Å². The number of carbonyl (C=O) groups is 4. The van der Waals surface area contributed by atoms with Crippen LogP contribution in [0.15, 0.2) is 71.9 Å². The van der Waals surface area contributed by atoms with Crippen molar-refractivity contribution in [1.29, 1.82) is 0 Å². The van der Waals surface area contributed by atoms with E-state index >= 15 is 0 Å². The Morgan fingerprint density at radius 2 is 1.15 bits per heavy atom. The normalized spacial score (nSPS) is 19.7. The average Bonchev–Trinajstić information content (AvgIpc) is 3.85. The molecule has 2 aliphatic heterocycles. The van der Waals surface area contributed by atoms with Crippen molar-refractivity contribution < 1.29 is 57.1 Å². The zero-order valence-corrected chi connectivity index (χ0v) is 29.7. The van der Waals surface area contributed by atoms with Crippen molar-refractivity contribution in [1.82, 2.24) is 10.6 Å². The fourth-order valence-electron chi connectivity index (χ4n) is 6.80. The molecule has 2 aromatic carbocycles. The SMILES string of the molecule is C.C.COC(=O)C(NC(=O)OCc1ccccc1)=C1CCC2(CC1)OCCO2.COC(=O)[C@@H](NC(=O)OCc1ccccc1)C1CCC2(CC1)OCCO2. The van der Waals surface area contributed by atoms with Gasteiger partial charge in [-0.15, -0.1) is 0 Å². The lowest BCUT2D eigenvalue weighted by molar-refractivity contribution is -0.185. The van der Waals surface area contributed by atoms with Gasteiger partial charge in [0.2, 0.25) is 0 Å². The Bertz CT molecular complexity index is 1500. The van der Waals surface area contributed by atoms with E-state index in [-0.39, 0.29) is 39.7 Å². The maximum atomic E-state index is 12.2. The summed E-state index contributed by atoms with van der Waals surface area (Å²) in [7, 11) is 2.60. The molecule has 14 heteroatoms. The Morgan fingerprint density at radius 3 is 1.61 bits per heavy atom. The second-order valence-corrected chi connectivity index (χ2v) is 12.9. The molecule has 14 nitrogen and oxygen atoms in total. The summed E-state index contributed by atoms with van der Waals surface area (Å²) >= 11 is 0. The Labute approximate surface area is 318 Å². The highest BCUT2D eigenvalue weighted by atomic mass is 16.7. The zero-order valence-electron chi connectivity index (χ0n) is 29.7. The zero-order chi connectivity index (χ0) is 36.8. The number of hydrogen-bond acceptors (Lipinski definition) is 12. The monoisotopic (exact) mass is 756 g/mol. The molecule has 0 unspecified atom stereocenters. The number of methoxy groups -OCH3 is 2. The standard InChI is InChI=1S/C19H25NO6.C19H23NO6.2CH4/c2*1-23-17(21)16(15-7-9-19(10-8-15)25-11-12-26-19)20-18(22)24-13-14-5-3-2-4-6-14;;/h2-6,15-16H,7-13H2,1H3,(H,20,22);2-6H,7-13H2,1H3,(H,20,22);2*1H4/t16-;;;/m0.../s1. The number of carbonyl (C=O) groups excluding carboxylic acids is 4. The highest BCUT2D eigenvalue weighted by molar-refractivity contribution is 5.93. The lowest BCUT2D eigenvalue weighted by Gasteiger charge is -2.37. The van der Waals surface area contributed by atoms with Crippen LogP contribution in [0, 0.1) is 5.92 Å². The number of amides is 2. The lowest BCUT2D eigenvalue weighted by atomic mass is 9.80. The average molecular weight is 757 g/mol. The predicted molar refractivity (Wildman–Crippen MR) is 198 cm³/mol. The second kappa shape index (κ2) is 21.4. The van der Waals surface area contributed by atoms with Gasteiger partial charge in [-0.3, -0.25) is 5.32 Å². The van der Waals surface area contributed by atoms with Crippen LogP contribution in [0.25, 0.3) is 0 Å². The molecule has 2 amide bonds. The van der Waals surface area contributed by atoms with Gasteiger partial charge < -0.3 is 43.2 Å². The largest absolute Gasteiger partial charge is 0.467 e. The number of hydrogen-bond donors (Lipinski definition) is 2. The molecule has 4 aliphatic rings. The van der Waals surface area contributed by atoms with Crippen molar-refractivity contribution in [3.8, 4) is 0 Å². The Kier molecular flexibility index (Phi) is 17.4. The summed E-state index contributed by atoms with van der Waals surface area (Å²) in [6.45, 7) is 2.67. The number of rotatable bonds is 9. The highest BCUT2D eigenvalue weighted by Crippen LogP contribution is 2.40. The van der Waals surface area contributed by atoms with Gasteiger partial charge in [-0.05, 0) is 48.3 Å². The maximum absolute atomic E-state index is 12.2. The predicted octanol–water partition coefficient (Wildman–Crippen LogP) is 6.32. The second-order valence-electron chi connectivity index (χ2n) is 12.9. The van der Waals surface area contributed by atoms with Crippen LogP contribution in [-0.2, 0) is 60.7 Å². The summed E-state index contributed by atoms with van der Waals surface area (Å²) < 4.78 is 42.9. The number of nitrogens with one attached hydrogen (secondary N) is 2. The molecule has 0 aromatic heterocycles. The third kappa shape index (κ3) is 12.3. The molecule has 1 atom stereocenters. The molecule has 0 radical (unpaired) electrons. The van der Waals surface area contributed by atoms with Crippen molar-refractivity contribution >= 4 is 24.1 Å². The minimum Gasteiger partial charge on any atom is -0.467 e. The number of ether oxygens (including phenoxy) is 8. The number of esters is 2. The van der Waals surface area contributed by atoms with Crippen molar-refractivity contribution in [2.24, 2.45) is 5.92 Å². The van der Waals surface area contributed by atoms with Gasteiger partial charge in [-0.25, -0.2) is 19.2 Å². The third-order valence-corrected chi connectivity index (χ3v) is 9.63. The molecule has 2 saturated heterocycles. The molecular weight excluding hydrogens is 700 g/mol.